The number of benzene rings is 1. The van der Waals surface area contributed by atoms with Gasteiger partial charge in [0, 0.05) is 25.0 Å². The van der Waals surface area contributed by atoms with E-state index in [9.17, 15) is 4.79 Å². The highest BCUT2D eigenvalue weighted by molar-refractivity contribution is 5.94. The van der Waals surface area contributed by atoms with Crippen LogP contribution in [0.2, 0.25) is 0 Å². The Morgan fingerprint density at radius 3 is 2.93 bits per heavy atom. The van der Waals surface area contributed by atoms with Crippen LogP contribution in [-0.4, -0.2) is 22.7 Å². The summed E-state index contributed by atoms with van der Waals surface area (Å²) in [6.45, 7) is 0. The van der Waals surface area contributed by atoms with Gasteiger partial charge in [0.25, 0.3) is 5.91 Å². The predicted octanol–water partition coefficient (Wildman–Crippen LogP) is 1.23. The quantitative estimate of drug-likeness (QED) is 0.794. The molecule has 1 aromatic carbocycles. The molecule has 2 aromatic rings. The summed E-state index contributed by atoms with van der Waals surface area (Å²) in [5.41, 5.74) is 1.51. The van der Waals surface area contributed by atoms with Crippen molar-refractivity contribution in [3.8, 4) is 5.69 Å². The van der Waals surface area contributed by atoms with Gasteiger partial charge < -0.3 is 5.32 Å². The summed E-state index contributed by atoms with van der Waals surface area (Å²) < 4.78 is 1.71. The summed E-state index contributed by atoms with van der Waals surface area (Å²) in [5.74, 6) is -0.0935. The summed E-state index contributed by atoms with van der Waals surface area (Å²) in [7, 11) is 1.61. The lowest BCUT2D eigenvalue weighted by Gasteiger charge is -2.03. The van der Waals surface area contributed by atoms with Crippen molar-refractivity contribution >= 4 is 5.91 Å². The van der Waals surface area contributed by atoms with Crippen molar-refractivity contribution in [3.63, 3.8) is 0 Å². The van der Waals surface area contributed by atoms with E-state index >= 15 is 0 Å². The number of nitrogens with zero attached hydrogens (tertiary/aromatic N) is 2. The molecule has 0 saturated carbocycles. The van der Waals surface area contributed by atoms with Gasteiger partial charge in [-0.05, 0) is 24.3 Å². The normalized spacial score (nSPS) is 9.93. The van der Waals surface area contributed by atoms with Gasteiger partial charge in [-0.25, -0.2) is 4.68 Å². The predicted molar refractivity (Wildman–Crippen MR) is 57.0 cm³/mol. The van der Waals surface area contributed by atoms with Crippen LogP contribution in [-0.2, 0) is 0 Å². The fourth-order valence-corrected chi connectivity index (χ4v) is 1.36. The SMILES string of the molecule is CNC(=O)c1cccc(-n2cccn2)c1. The molecule has 4 heteroatoms. The topological polar surface area (TPSA) is 46.9 Å². The van der Waals surface area contributed by atoms with E-state index in [1.165, 1.54) is 0 Å². The maximum Gasteiger partial charge on any atom is 0.251 e. The Bertz CT molecular complexity index is 462. The van der Waals surface area contributed by atoms with Gasteiger partial charge in [-0.3, -0.25) is 4.79 Å². The molecule has 1 amide bonds. The lowest BCUT2D eigenvalue weighted by atomic mass is 10.2. The van der Waals surface area contributed by atoms with E-state index in [0.29, 0.717) is 5.56 Å². The minimum Gasteiger partial charge on any atom is -0.355 e. The first-order valence-electron chi connectivity index (χ1n) is 4.63. The number of amides is 1. The Kier molecular flexibility index (Phi) is 2.49. The largest absolute Gasteiger partial charge is 0.355 e. The molecule has 2 rings (SSSR count). The van der Waals surface area contributed by atoms with Crippen LogP contribution in [0, 0.1) is 0 Å². The zero-order chi connectivity index (χ0) is 10.7. The number of aromatic nitrogens is 2. The van der Waals surface area contributed by atoms with Crippen molar-refractivity contribution in [2.45, 2.75) is 0 Å². The van der Waals surface area contributed by atoms with E-state index < -0.39 is 0 Å². The van der Waals surface area contributed by atoms with Crippen molar-refractivity contribution < 1.29 is 4.79 Å². The second kappa shape index (κ2) is 3.96. The molecule has 0 fully saturated rings. The first kappa shape index (κ1) is 9.45. The second-order valence-electron chi connectivity index (χ2n) is 3.08. The average molecular weight is 201 g/mol. The molecule has 0 aliphatic heterocycles. The molecular weight excluding hydrogens is 190 g/mol. The highest BCUT2D eigenvalue weighted by atomic mass is 16.1. The first-order valence-corrected chi connectivity index (χ1v) is 4.63. The van der Waals surface area contributed by atoms with Crippen molar-refractivity contribution in [1.82, 2.24) is 15.1 Å². The molecule has 0 aliphatic carbocycles. The van der Waals surface area contributed by atoms with E-state index in [0.717, 1.165) is 5.69 Å². The zero-order valence-corrected chi connectivity index (χ0v) is 8.34. The standard InChI is InChI=1S/C11H11N3O/c1-12-11(15)9-4-2-5-10(8-9)14-7-3-6-13-14/h2-8H,1H3,(H,12,15). The molecule has 4 nitrogen and oxygen atoms in total. The summed E-state index contributed by atoms with van der Waals surface area (Å²) in [4.78, 5) is 11.4. The number of hydrogen-bond donors (Lipinski definition) is 1. The number of hydrogen-bond acceptors (Lipinski definition) is 2. The number of rotatable bonds is 2. The number of nitrogens with one attached hydrogen (secondary N) is 1. The molecular formula is C11H11N3O. The van der Waals surface area contributed by atoms with Gasteiger partial charge in [-0.15, -0.1) is 0 Å². The number of carbonyl (C=O) groups excluding carboxylic acids is 1. The highest BCUT2D eigenvalue weighted by Crippen LogP contribution is 2.09. The molecule has 0 radical (unpaired) electrons. The third-order valence-corrected chi connectivity index (χ3v) is 2.10. The molecule has 1 heterocycles. The molecule has 0 atom stereocenters. The van der Waals surface area contributed by atoms with Gasteiger partial charge in [0.05, 0.1) is 5.69 Å². The maximum atomic E-state index is 11.4. The Labute approximate surface area is 87.5 Å². The highest BCUT2D eigenvalue weighted by Gasteiger charge is 2.04. The smallest absolute Gasteiger partial charge is 0.251 e. The van der Waals surface area contributed by atoms with Crippen molar-refractivity contribution in [3.05, 3.63) is 48.3 Å². The van der Waals surface area contributed by atoms with Crippen LogP contribution in [0.4, 0.5) is 0 Å². The van der Waals surface area contributed by atoms with Crippen molar-refractivity contribution in [1.29, 1.82) is 0 Å². The van der Waals surface area contributed by atoms with Crippen LogP contribution >= 0.6 is 0 Å². The zero-order valence-electron chi connectivity index (χ0n) is 8.34. The van der Waals surface area contributed by atoms with E-state index in [2.05, 4.69) is 10.4 Å². The Morgan fingerprint density at radius 2 is 2.27 bits per heavy atom. The molecule has 0 saturated heterocycles. The van der Waals surface area contributed by atoms with E-state index in [4.69, 9.17) is 0 Å². The van der Waals surface area contributed by atoms with Gasteiger partial charge >= 0.3 is 0 Å². The lowest BCUT2D eigenvalue weighted by Crippen LogP contribution is -2.17. The molecule has 0 aliphatic rings. The second-order valence-corrected chi connectivity index (χ2v) is 3.08. The Balaban J connectivity index is 2.39. The van der Waals surface area contributed by atoms with Gasteiger partial charge in [-0.2, -0.15) is 5.10 Å². The minimum atomic E-state index is -0.0935. The van der Waals surface area contributed by atoms with Crippen LogP contribution in [0.1, 0.15) is 10.4 Å². The van der Waals surface area contributed by atoms with Gasteiger partial charge in [0.2, 0.25) is 0 Å². The molecule has 76 valence electrons. The molecule has 15 heavy (non-hydrogen) atoms. The molecule has 0 spiro atoms. The summed E-state index contributed by atoms with van der Waals surface area (Å²) in [6.07, 6.45) is 3.54. The molecule has 0 bridgehead atoms. The van der Waals surface area contributed by atoms with E-state index in [1.54, 1.807) is 30.1 Å². The fraction of sp³-hybridized carbons (Fsp3) is 0.0909. The monoisotopic (exact) mass is 201 g/mol. The Hall–Kier alpha value is -2.10. The summed E-state index contributed by atoms with van der Waals surface area (Å²) in [5, 5.41) is 6.68. The van der Waals surface area contributed by atoms with Crippen LogP contribution in [0.15, 0.2) is 42.7 Å². The minimum absolute atomic E-state index is 0.0935. The van der Waals surface area contributed by atoms with Gasteiger partial charge in [-0.1, -0.05) is 6.07 Å². The molecule has 0 unspecified atom stereocenters. The average Bonchev–Trinajstić information content (AvgIpc) is 2.82. The van der Waals surface area contributed by atoms with Crippen LogP contribution in [0.25, 0.3) is 5.69 Å². The maximum absolute atomic E-state index is 11.4. The van der Waals surface area contributed by atoms with E-state index in [1.807, 2.05) is 24.4 Å². The number of carbonyl (C=O) groups is 1. The first-order chi connectivity index (χ1) is 7.31. The summed E-state index contributed by atoms with van der Waals surface area (Å²) >= 11 is 0. The molecule has 1 N–H and O–H groups in total. The third kappa shape index (κ3) is 1.88. The van der Waals surface area contributed by atoms with E-state index in [-0.39, 0.29) is 5.91 Å². The van der Waals surface area contributed by atoms with Gasteiger partial charge in [0.1, 0.15) is 0 Å². The van der Waals surface area contributed by atoms with Crippen LogP contribution in [0.5, 0.6) is 0 Å². The Morgan fingerprint density at radius 1 is 1.40 bits per heavy atom. The van der Waals surface area contributed by atoms with Crippen LogP contribution < -0.4 is 5.32 Å². The fourth-order valence-electron chi connectivity index (χ4n) is 1.36. The third-order valence-electron chi connectivity index (χ3n) is 2.10. The van der Waals surface area contributed by atoms with Crippen molar-refractivity contribution in [2.24, 2.45) is 0 Å². The summed E-state index contributed by atoms with van der Waals surface area (Å²) in [6, 6.07) is 9.14. The van der Waals surface area contributed by atoms with Gasteiger partial charge in [0.15, 0.2) is 0 Å². The van der Waals surface area contributed by atoms with Crippen LogP contribution in [0.3, 0.4) is 0 Å². The molecule has 1 aromatic heterocycles. The lowest BCUT2D eigenvalue weighted by molar-refractivity contribution is 0.0963. The van der Waals surface area contributed by atoms with Crippen molar-refractivity contribution in [2.75, 3.05) is 7.05 Å².